The van der Waals surface area contributed by atoms with Gasteiger partial charge in [0.2, 0.25) is 0 Å². The van der Waals surface area contributed by atoms with Crippen molar-refractivity contribution in [1.82, 2.24) is 4.98 Å². The quantitative estimate of drug-likeness (QED) is 0.857. The Labute approximate surface area is 161 Å². The van der Waals surface area contributed by atoms with Gasteiger partial charge in [0.05, 0.1) is 37.6 Å². The summed E-state index contributed by atoms with van der Waals surface area (Å²) in [6.07, 6.45) is -1.79. The van der Waals surface area contributed by atoms with Gasteiger partial charge in [-0.25, -0.2) is 9.59 Å². The maximum absolute atomic E-state index is 12.9. The third-order valence-electron chi connectivity index (χ3n) is 4.32. The minimum atomic E-state index is -0.897. The fourth-order valence-electron chi connectivity index (χ4n) is 3.16. The van der Waals surface area contributed by atoms with Crippen LogP contribution in [0.1, 0.15) is 13.8 Å². The number of hydrogen-bond donors (Lipinski definition) is 1. The normalized spacial score (nSPS) is 14.0. The molecule has 9 heteroatoms. The van der Waals surface area contributed by atoms with E-state index in [4.69, 9.17) is 14.2 Å². The lowest BCUT2D eigenvalue weighted by Gasteiger charge is -2.32. The van der Waals surface area contributed by atoms with Crippen LogP contribution in [0.25, 0.3) is 10.9 Å². The molecule has 0 aliphatic carbocycles. The first kappa shape index (κ1) is 19.7. The molecule has 1 aromatic heterocycles. The van der Waals surface area contributed by atoms with Crippen LogP contribution in [0.3, 0.4) is 0 Å². The van der Waals surface area contributed by atoms with E-state index >= 15 is 0 Å². The lowest BCUT2D eigenvalue weighted by molar-refractivity contribution is 0.122. The van der Waals surface area contributed by atoms with Crippen molar-refractivity contribution < 1.29 is 23.8 Å². The molecular weight excluding hydrogens is 366 g/mol. The second-order valence-corrected chi connectivity index (χ2v) is 6.03. The van der Waals surface area contributed by atoms with Crippen LogP contribution in [0.4, 0.5) is 21.0 Å². The van der Waals surface area contributed by atoms with Gasteiger partial charge in [-0.3, -0.25) is 4.79 Å². The summed E-state index contributed by atoms with van der Waals surface area (Å²) in [5.41, 5.74) is 0.452. The molecule has 0 bridgehead atoms. The van der Waals surface area contributed by atoms with E-state index in [1.165, 1.54) is 0 Å². The van der Waals surface area contributed by atoms with Gasteiger partial charge in [0, 0.05) is 18.5 Å². The lowest BCUT2D eigenvalue weighted by atomic mass is 10.1. The number of rotatable bonds is 4. The van der Waals surface area contributed by atoms with Crippen molar-refractivity contribution in [2.75, 3.05) is 49.3 Å². The number of amides is 2. The van der Waals surface area contributed by atoms with Crippen molar-refractivity contribution in [3.05, 3.63) is 34.6 Å². The largest absolute Gasteiger partial charge is 0.449 e. The summed E-state index contributed by atoms with van der Waals surface area (Å²) in [6, 6.07) is 6.96. The van der Waals surface area contributed by atoms with Gasteiger partial charge in [-0.15, -0.1) is 0 Å². The molecule has 9 nitrogen and oxygen atoms in total. The number of pyridine rings is 1. The minimum Gasteiger partial charge on any atom is -0.449 e. The van der Waals surface area contributed by atoms with Crippen LogP contribution in [0.15, 0.2) is 29.1 Å². The first-order chi connectivity index (χ1) is 13.6. The maximum Gasteiger partial charge on any atom is 0.424 e. The molecule has 150 valence electrons. The van der Waals surface area contributed by atoms with Crippen LogP contribution in [-0.2, 0) is 14.2 Å². The third kappa shape index (κ3) is 3.79. The number of aromatic amines is 1. The number of morpholine rings is 1. The summed E-state index contributed by atoms with van der Waals surface area (Å²) in [4.78, 5) is 43.8. The van der Waals surface area contributed by atoms with E-state index in [0.717, 1.165) is 4.90 Å². The Morgan fingerprint density at radius 2 is 1.71 bits per heavy atom. The summed E-state index contributed by atoms with van der Waals surface area (Å²) in [7, 11) is 0. The molecule has 2 aromatic rings. The lowest BCUT2D eigenvalue weighted by Crippen LogP contribution is -2.44. The van der Waals surface area contributed by atoms with Crippen LogP contribution in [-0.4, -0.2) is 56.7 Å². The molecule has 1 aliphatic heterocycles. The molecule has 1 N–H and O–H groups in total. The summed E-state index contributed by atoms with van der Waals surface area (Å²) in [6.45, 7) is 5.20. The Kier molecular flexibility index (Phi) is 6.15. The van der Waals surface area contributed by atoms with Gasteiger partial charge in [-0.2, -0.15) is 4.90 Å². The molecule has 2 heterocycles. The second-order valence-electron chi connectivity index (χ2n) is 6.03. The number of hydrogen-bond acceptors (Lipinski definition) is 7. The molecule has 1 saturated heterocycles. The minimum absolute atomic E-state index is 0.0722. The number of para-hydroxylation sites is 1. The molecular formula is C19H23N3O6. The van der Waals surface area contributed by atoms with Crippen LogP contribution in [0.5, 0.6) is 0 Å². The highest BCUT2D eigenvalue weighted by Gasteiger charge is 2.33. The molecule has 1 aromatic carbocycles. The fraction of sp³-hybridized carbons (Fsp3) is 0.421. The van der Waals surface area contributed by atoms with Crippen molar-refractivity contribution in [3.8, 4) is 0 Å². The van der Waals surface area contributed by atoms with E-state index < -0.39 is 17.7 Å². The number of aromatic nitrogens is 1. The van der Waals surface area contributed by atoms with Crippen molar-refractivity contribution >= 4 is 34.5 Å². The summed E-state index contributed by atoms with van der Waals surface area (Å²) < 4.78 is 15.5. The number of nitrogens with zero attached hydrogens (tertiary/aromatic N) is 2. The molecule has 1 aliphatic rings. The second kappa shape index (κ2) is 8.75. The molecule has 28 heavy (non-hydrogen) atoms. The highest BCUT2D eigenvalue weighted by atomic mass is 16.6. The molecule has 0 atom stereocenters. The van der Waals surface area contributed by atoms with Gasteiger partial charge in [-0.05, 0) is 19.9 Å². The maximum atomic E-state index is 12.9. The van der Waals surface area contributed by atoms with E-state index in [1.807, 2.05) is 0 Å². The molecule has 0 radical (unpaired) electrons. The predicted octanol–water partition coefficient (Wildman–Crippen LogP) is 2.48. The third-order valence-corrected chi connectivity index (χ3v) is 4.32. The zero-order chi connectivity index (χ0) is 20.1. The molecule has 0 spiro atoms. The Hall–Kier alpha value is -3.07. The average molecular weight is 389 g/mol. The Balaban J connectivity index is 2.28. The van der Waals surface area contributed by atoms with Crippen molar-refractivity contribution in [3.63, 3.8) is 0 Å². The summed E-state index contributed by atoms with van der Waals surface area (Å²) >= 11 is 0. The molecule has 0 saturated carbocycles. The number of fused-ring (bicyclic) bond motifs is 1. The van der Waals surface area contributed by atoms with Gasteiger partial charge in [0.1, 0.15) is 5.69 Å². The standard InChI is InChI=1S/C19H23N3O6/c1-3-27-18(24)22(19(25)28-4-2)15-13-7-5-6-8-14(13)20-17(23)16(15)21-9-11-26-12-10-21/h5-8H,3-4,9-12H2,1-2H3,(H,20,23). The van der Waals surface area contributed by atoms with E-state index in [9.17, 15) is 14.4 Å². The zero-order valence-corrected chi connectivity index (χ0v) is 15.9. The highest BCUT2D eigenvalue weighted by Crippen LogP contribution is 2.34. The predicted molar refractivity (Wildman–Crippen MR) is 104 cm³/mol. The van der Waals surface area contributed by atoms with E-state index in [-0.39, 0.29) is 24.6 Å². The zero-order valence-electron chi connectivity index (χ0n) is 15.9. The number of benzene rings is 1. The van der Waals surface area contributed by atoms with Gasteiger partial charge in [-0.1, -0.05) is 18.2 Å². The molecule has 3 rings (SSSR count). The van der Waals surface area contributed by atoms with E-state index in [1.54, 1.807) is 43.0 Å². The number of anilines is 2. The topological polar surface area (TPSA) is 101 Å². The average Bonchev–Trinajstić information content (AvgIpc) is 2.69. The van der Waals surface area contributed by atoms with Gasteiger partial charge in [0.15, 0.2) is 0 Å². The SMILES string of the molecule is CCOC(=O)N(C(=O)OCC)c1c(N2CCOCC2)c(=O)[nH]c2ccccc12. The Bertz CT molecular complexity index is 902. The van der Waals surface area contributed by atoms with Crippen LogP contribution in [0.2, 0.25) is 0 Å². The van der Waals surface area contributed by atoms with E-state index in [0.29, 0.717) is 37.2 Å². The number of imide groups is 1. The van der Waals surface area contributed by atoms with E-state index in [2.05, 4.69) is 4.98 Å². The smallest absolute Gasteiger partial charge is 0.424 e. The first-order valence-corrected chi connectivity index (χ1v) is 9.19. The molecule has 0 unspecified atom stereocenters. The molecule has 1 fully saturated rings. The van der Waals surface area contributed by atoms with Gasteiger partial charge in [0.25, 0.3) is 5.56 Å². The molecule has 2 amide bonds. The number of H-pyrrole nitrogens is 1. The van der Waals surface area contributed by atoms with Gasteiger partial charge >= 0.3 is 12.2 Å². The summed E-state index contributed by atoms with van der Waals surface area (Å²) in [5, 5.41) is 0.532. The fourth-order valence-corrected chi connectivity index (χ4v) is 3.16. The van der Waals surface area contributed by atoms with Crippen LogP contribution >= 0.6 is 0 Å². The van der Waals surface area contributed by atoms with Crippen LogP contribution < -0.4 is 15.4 Å². The monoisotopic (exact) mass is 389 g/mol. The van der Waals surface area contributed by atoms with Crippen LogP contribution in [0, 0.1) is 0 Å². The van der Waals surface area contributed by atoms with Crippen molar-refractivity contribution in [2.45, 2.75) is 13.8 Å². The highest BCUT2D eigenvalue weighted by molar-refractivity contribution is 6.17. The first-order valence-electron chi connectivity index (χ1n) is 9.19. The Morgan fingerprint density at radius 1 is 1.11 bits per heavy atom. The van der Waals surface area contributed by atoms with Crippen molar-refractivity contribution in [1.29, 1.82) is 0 Å². The number of nitrogens with one attached hydrogen (secondary N) is 1. The van der Waals surface area contributed by atoms with Crippen molar-refractivity contribution in [2.24, 2.45) is 0 Å². The van der Waals surface area contributed by atoms with Gasteiger partial charge < -0.3 is 24.1 Å². The summed E-state index contributed by atoms with van der Waals surface area (Å²) in [5.74, 6) is 0. The number of carbonyl (C=O) groups is 2. The number of carbonyl (C=O) groups excluding carboxylic acids is 2. The number of ether oxygens (including phenoxy) is 3. The Morgan fingerprint density at radius 3 is 2.32 bits per heavy atom.